The summed E-state index contributed by atoms with van der Waals surface area (Å²) in [5, 5.41) is 40.7. The first-order valence-electron chi connectivity index (χ1n) is 6.77. The molecule has 0 aromatic carbocycles. The molecule has 4 N–H and O–H groups in total. The van der Waals surface area contributed by atoms with Gasteiger partial charge in [-0.15, -0.1) is 0 Å². The Hall–Kier alpha value is -0.160. The molecule has 2 saturated carbocycles. The zero-order valence-electron chi connectivity index (χ0n) is 10.3. The summed E-state index contributed by atoms with van der Waals surface area (Å²) in [4.78, 5) is 0. The van der Waals surface area contributed by atoms with Gasteiger partial charge in [0.2, 0.25) is 0 Å². The molecular weight excluding hydrogens is 220 g/mol. The molecule has 0 aromatic rings. The predicted octanol–water partition coefficient (Wildman–Crippen LogP) is 0.709. The zero-order chi connectivity index (χ0) is 12.5. The average Bonchev–Trinajstić information content (AvgIpc) is 2.27. The second-order valence-corrected chi connectivity index (χ2v) is 5.91. The largest absolute Gasteiger partial charge is 0.390 e. The van der Waals surface area contributed by atoms with Gasteiger partial charge < -0.3 is 20.4 Å². The summed E-state index contributed by atoms with van der Waals surface area (Å²) in [6, 6.07) is 0. The van der Waals surface area contributed by atoms with Crippen LogP contribution in [-0.4, -0.2) is 43.8 Å². The van der Waals surface area contributed by atoms with Crippen LogP contribution in [0.4, 0.5) is 0 Å². The Balaban J connectivity index is 2.07. The molecule has 4 unspecified atom stereocenters. The topological polar surface area (TPSA) is 80.9 Å². The van der Waals surface area contributed by atoms with Crippen LogP contribution in [0.3, 0.4) is 0 Å². The molecule has 0 amide bonds. The van der Waals surface area contributed by atoms with Crippen LogP contribution in [0, 0.1) is 0 Å². The molecule has 2 fully saturated rings. The molecule has 0 aliphatic heterocycles. The maximum absolute atomic E-state index is 10.5. The van der Waals surface area contributed by atoms with Crippen molar-refractivity contribution in [3.05, 3.63) is 0 Å². The van der Waals surface area contributed by atoms with E-state index in [1.807, 2.05) is 0 Å². The summed E-state index contributed by atoms with van der Waals surface area (Å²) in [5.74, 6) is 0. The van der Waals surface area contributed by atoms with Crippen molar-refractivity contribution >= 4 is 0 Å². The van der Waals surface area contributed by atoms with E-state index >= 15 is 0 Å². The minimum atomic E-state index is -1.22. The van der Waals surface area contributed by atoms with Crippen molar-refractivity contribution in [2.45, 2.75) is 81.2 Å². The minimum absolute atomic E-state index is 0.0995. The van der Waals surface area contributed by atoms with Crippen molar-refractivity contribution in [3.8, 4) is 0 Å². The Morgan fingerprint density at radius 3 is 1.53 bits per heavy atom. The van der Waals surface area contributed by atoms with Crippen LogP contribution in [0.25, 0.3) is 0 Å². The Kier molecular flexibility index (Phi) is 3.78. The summed E-state index contributed by atoms with van der Waals surface area (Å²) in [6.45, 7) is 0. The quantitative estimate of drug-likeness (QED) is 0.576. The third-order valence-corrected chi connectivity index (χ3v) is 4.53. The first kappa shape index (κ1) is 13.3. The van der Waals surface area contributed by atoms with Gasteiger partial charge in [-0.2, -0.15) is 0 Å². The highest BCUT2D eigenvalue weighted by atomic mass is 16.4. The lowest BCUT2D eigenvalue weighted by Crippen LogP contribution is -2.55. The van der Waals surface area contributed by atoms with E-state index in [1.165, 1.54) is 0 Å². The lowest BCUT2D eigenvalue weighted by atomic mass is 9.70. The molecule has 0 bridgehead atoms. The molecule has 2 aliphatic rings. The Labute approximate surface area is 102 Å². The maximum Gasteiger partial charge on any atom is 0.0933 e. The van der Waals surface area contributed by atoms with Crippen molar-refractivity contribution in [2.24, 2.45) is 0 Å². The zero-order valence-corrected chi connectivity index (χ0v) is 10.3. The molecule has 4 atom stereocenters. The van der Waals surface area contributed by atoms with Crippen molar-refractivity contribution < 1.29 is 20.4 Å². The monoisotopic (exact) mass is 244 g/mol. The molecule has 100 valence electrons. The van der Waals surface area contributed by atoms with E-state index in [0.717, 1.165) is 25.7 Å². The number of hydrogen-bond donors (Lipinski definition) is 4. The molecule has 2 rings (SSSR count). The lowest BCUT2D eigenvalue weighted by molar-refractivity contribution is -0.180. The molecule has 4 nitrogen and oxygen atoms in total. The normalized spacial score (nSPS) is 48.0. The number of hydrogen-bond acceptors (Lipinski definition) is 4. The SMILES string of the molecule is OC1CCCCC1(O)CC1(O)CCCCC1O. The number of rotatable bonds is 2. The smallest absolute Gasteiger partial charge is 0.0933 e. The lowest BCUT2D eigenvalue weighted by Gasteiger charge is -2.45. The second kappa shape index (κ2) is 4.84. The van der Waals surface area contributed by atoms with Crippen molar-refractivity contribution in [2.75, 3.05) is 0 Å². The highest BCUT2D eigenvalue weighted by Gasteiger charge is 2.48. The van der Waals surface area contributed by atoms with Crippen molar-refractivity contribution in [1.82, 2.24) is 0 Å². The van der Waals surface area contributed by atoms with Crippen LogP contribution in [0.2, 0.25) is 0 Å². The number of aliphatic hydroxyl groups excluding tert-OH is 2. The van der Waals surface area contributed by atoms with Crippen LogP contribution in [0.15, 0.2) is 0 Å². The van der Waals surface area contributed by atoms with E-state index in [4.69, 9.17) is 0 Å². The van der Waals surface area contributed by atoms with Gasteiger partial charge in [-0.05, 0) is 25.7 Å². The van der Waals surface area contributed by atoms with Gasteiger partial charge in [-0.1, -0.05) is 25.7 Å². The van der Waals surface area contributed by atoms with E-state index in [9.17, 15) is 20.4 Å². The maximum atomic E-state index is 10.5. The van der Waals surface area contributed by atoms with Crippen LogP contribution in [-0.2, 0) is 0 Å². The fraction of sp³-hybridized carbons (Fsp3) is 1.00. The summed E-state index contributed by atoms with van der Waals surface area (Å²) in [5.41, 5.74) is -2.43. The molecule has 0 heterocycles. The first-order valence-corrected chi connectivity index (χ1v) is 6.77. The van der Waals surface area contributed by atoms with Gasteiger partial charge in [0.15, 0.2) is 0 Å². The molecule has 4 heteroatoms. The van der Waals surface area contributed by atoms with Crippen LogP contribution in [0.1, 0.15) is 57.8 Å². The standard InChI is InChI=1S/C13H24O4/c14-10-5-1-3-7-12(10,16)9-13(17)8-4-2-6-11(13)15/h10-11,14-17H,1-9H2. The molecule has 17 heavy (non-hydrogen) atoms. The summed E-state index contributed by atoms with van der Waals surface area (Å²) < 4.78 is 0. The Morgan fingerprint density at radius 2 is 1.18 bits per heavy atom. The molecular formula is C13H24O4. The van der Waals surface area contributed by atoms with Crippen LogP contribution in [0.5, 0.6) is 0 Å². The fourth-order valence-electron chi connectivity index (χ4n) is 3.35. The van der Waals surface area contributed by atoms with Crippen molar-refractivity contribution in [1.29, 1.82) is 0 Å². The van der Waals surface area contributed by atoms with Gasteiger partial charge >= 0.3 is 0 Å². The van der Waals surface area contributed by atoms with E-state index in [1.54, 1.807) is 0 Å². The fourth-order valence-corrected chi connectivity index (χ4v) is 3.35. The third kappa shape index (κ3) is 2.65. The summed E-state index contributed by atoms with van der Waals surface area (Å²) >= 11 is 0. The molecule has 0 saturated heterocycles. The molecule has 0 aromatic heterocycles. The van der Waals surface area contributed by atoms with Gasteiger partial charge in [-0.25, -0.2) is 0 Å². The Bertz CT molecular complexity index is 244. The Morgan fingerprint density at radius 1 is 0.765 bits per heavy atom. The van der Waals surface area contributed by atoms with E-state index < -0.39 is 23.4 Å². The van der Waals surface area contributed by atoms with Gasteiger partial charge in [0.25, 0.3) is 0 Å². The van der Waals surface area contributed by atoms with Gasteiger partial charge in [0, 0.05) is 6.42 Å². The van der Waals surface area contributed by atoms with Crippen LogP contribution >= 0.6 is 0 Å². The van der Waals surface area contributed by atoms with Gasteiger partial charge in [0.05, 0.1) is 23.4 Å². The highest BCUT2D eigenvalue weighted by molar-refractivity contribution is 5.00. The van der Waals surface area contributed by atoms with Gasteiger partial charge in [-0.3, -0.25) is 0 Å². The average molecular weight is 244 g/mol. The van der Waals surface area contributed by atoms with Crippen molar-refractivity contribution in [3.63, 3.8) is 0 Å². The molecule has 0 radical (unpaired) electrons. The summed E-state index contributed by atoms with van der Waals surface area (Å²) in [6.07, 6.45) is 4.36. The third-order valence-electron chi connectivity index (χ3n) is 4.53. The molecule has 0 spiro atoms. The minimum Gasteiger partial charge on any atom is -0.390 e. The van der Waals surface area contributed by atoms with E-state index in [2.05, 4.69) is 0 Å². The summed E-state index contributed by atoms with van der Waals surface area (Å²) in [7, 11) is 0. The first-order chi connectivity index (χ1) is 7.96. The van der Waals surface area contributed by atoms with Gasteiger partial charge in [0.1, 0.15) is 0 Å². The van der Waals surface area contributed by atoms with Crippen LogP contribution < -0.4 is 0 Å². The second-order valence-electron chi connectivity index (χ2n) is 5.91. The predicted molar refractivity (Wildman–Crippen MR) is 63.5 cm³/mol. The highest BCUT2D eigenvalue weighted by Crippen LogP contribution is 2.40. The van der Waals surface area contributed by atoms with E-state index in [-0.39, 0.29) is 6.42 Å². The van der Waals surface area contributed by atoms with E-state index in [0.29, 0.717) is 25.7 Å². The molecule has 2 aliphatic carbocycles. The number of aliphatic hydroxyl groups is 4.